The summed E-state index contributed by atoms with van der Waals surface area (Å²) < 4.78 is 1.75. The van der Waals surface area contributed by atoms with Gasteiger partial charge in [-0.3, -0.25) is 4.68 Å². The summed E-state index contributed by atoms with van der Waals surface area (Å²) in [4.78, 5) is 8.91. The number of rotatable bonds is 10. The zero-order valence-corrected chi connectivity index (χ0v) is 20.6. The van der Waals surface area contributed by atoms with Gasteiger partial charge in [0.2, 0.25) is 0 Å². The Labute approximate surface area is 192 Å². The van der Waals surface area contributed by atoms with Crippen LogP contribution in [-0.4, -0.2) is 39.4 Å². The molecule has 162 valence electrons. The van der Waals surface area contributed by atoms with Crippen LogP contribution in [0, 0.1) is 0 Å². The van der Waals surface area contributed by atoms with Crippen molar-refractivity contribution in [2.24, 2.45) is 12.0 Å². The predicted octanol–water partition coefficient (Wildman–Crippen LogP) is 3.40. The lowest BCUT2D eigenvalue weighted by Gasteiger charge is -2.37. The second kappa shape index (κ2) is 12.8. The van der Waals surface area contributed by atoms with E-state index in [0.717, 1.165) is 37.7 Å². The van der Waals surface area contributed by atoms with Gasteiger partial charge in [-0.2, -0.15) is 5.10 Å². The first-order valence-corrected chi connectivity index (χ1v) is 10.2. The van der Waals surface area contributed by atoms with Crippen molar-refractivity contribution in [3.63, 3.8) is 0 Å². The molecule has 0 fully saturated rings. The van der Waals surface area contributed by atoms with Crippen molar-refractivity contribution in [3.8, 4) is 0 Å². The number of nitrogens with zero attached hydrogens (tertiary/aromatic N) is 4. The smallest absolute Gasteiger partial charge is 0.191 e. The van der Waals surface area contributed by atoms with Crippen molar-refractivity contribution in [2.75, 3.05) is 13.1 Å². The van der Waals surface area contributed by atoms with Gasteiger partial charge in [-0.1, -0.05) is 44.2 Å². The molecular formula is C21H36IN7. The summed E-state index contributed by atoms with van der Waals surface area (Å²) in [6, 6.07) is 10.9. The number of nitrogens with one attached hydrogen (secondary N) is 3. The summed E-state index contributed by atoms with van der Waals surface area (Å²) in [5.74, 6) is 1.64. The fourth-order valence-electron chi connectivity index (χ4n) is 3.25. The Hall–Kier alpha value is -1.68. The normalized spacial score (nSPS) is 12.9. The van der Waals surface area contributed by atoms with Crippen LogP contribution < -0.4 is 16.0 Å². The monoisotopic (exact) mass is 513 g/mol. The molecule has 1 unspecified atom stereocenters. The lowest BCUT2D eigenvalue weighted by molar-refractivity contribution is 0.271. The number of aromatic nitrogens is 3. The molecule has 1 heterocycles. The maximum absolute atomic E-state index is 4.67. The quantitative estimate of drug-likeness (QED) is 0.258. The summed E-state index contributed by atoms with van der Waals surface area (Å²) in [6.45, 7) is 10.9. The third-order valence-electron chi connectivity index (χ3n) is 5.30. The van der Waals surface area contributed by atoms with Gasteiger partial charge in [0.15, 0.2) is 5.96 Å². The molecule has 0 aliphatic heterocycles. The predicted molar refractivity (Wildman–Crippen MR) is 131 cm³/mol. The minimum atomic E-state index is -0.0176. The number of halogens is 1. The number of guanidine groups is 1. The minimum Gasteiger partial charge on any atom is -0.357 e. The van der Waals surface area contributed by atoms with Crippen LogP contribution >= 0.6 is 24.0 Å². The fourth-order valence-corrected chi connectivity index (χ4v) is 3.25. The first-order chi connectivity index (χ1) is 13.5. The molecule has 0 amide bonds. The Kier molecular flexibility index (Phi) is 11.2. The molecule has 1 aromatic heterocycles. The van der Waals surface area contributed by atoms with E-state index in [1.807, 2.05) is 7.05 Å². The van der Waals surface area contributed by atoms with Crippen molar-refractivity contribution in [3.05, 3.63) is 48.0 Å². The van der Waals surface area contributed by atoms with Crippen molar-refractivity contribution in [1.29, 1.82) is 0 Å². The lowest BCUT2D eigenvalue weighted by atomic mass is 9.90. The molecule has 7 nitrogen and oxygen atoms in total. The summed E-state index contributed by atoms with van der Waals surface area (Å²) in [7, 11) is 1.88. The molecule has 1 atom stereocenters. The highest BCUT2D eigenvalue weighted by Gasteiger charge is 2.28. The zero-order chi connectivity index (χ0) is 20.4. The largest absolute Gasteiger partial charge is 0.357 e. The van der Waals surface area contributed by atoms with Gasteiger partial charge in [0.05, 0.1) is 0 Å². The third-order valence-corrected chi connectivity index (χ3v) is 5.30. The van der Waals surface area contributed by atoms with Crippen LogP contribution in [0.4, 0.5) is 0 Å². The zero-order valence-electron chi connectivity index (χ0n) is 18.3. The standard InChI is InChI=1S/C21H35N7.HI/c1-6-21(7-2,27-17(4)18-12-10-9-11-13-18)15-24-20(22-8-3)23-14-19-25-16-26-28(19)5;/h9-13,16-17,27H,6-8,14-15H2,1-5H3,(H2,22,23,24);1H. The van der Waals surface area contributed by atoms with Crippen LogP contribution in [0.2, 0.25) is 0 Å². The van der Waals surface area contributed by atoms with E-state index in [4.69, 9.17) is 0 Å². The van der Waals surface area contributed by atoms with E-state index < -0.39 is 0 Å². The highest BCUT2D eigenvalue weighted by molar-refractivity contribution is 14.0. The van der Waals surface area contributed by atoms with Gasteiger partial charge >= 0.3 is 0 Å². The van der Waals surface area contributed by atoms with Gasteiger partial charge in [0.25, 0.3) is 0 Å². The molecule has 0 aliphatic rings. The number of aryl methyl sites for hydroxylation is 1. The van der Waals surface area contributed by atoms with Crippen LogP contribution in [0.1, 0.15) is 58.0 Å². The Morgan fingerprint density at radius 3 is 2.38 bits per heavy atom. The highest BCUT2D eigenvalue weighted by atomic mass is 127. The molecule has 0 spiro atoms. The number of hydrogen-bond donors (Lipinski definition) is 3. The molecule has 0 radical (unpaired) electrons. The molecule has 2 aromatic rings. The van der Waals surface area contributed by atoms with Crippen LogP contribution in [0.15, 0.2) is 41.7 Å². The molecule has 8 heteroatoms. The molecule has 0 saturated carbocycles. The Bertz CT molecular complexity index is 726. The maximum Gasteiger partial charge on any atom is 0.191 e. The number of hydrogen-bond acceptors (Lipinski definition) is 4. The van der Waals surface area contributed by atoms with Gasteiger partial charge in [-0.15, -0.1) is 24.0 Å². The van der Waals surface area contributed by atoms with Crippen LogP contribution in [0.3, 0.4) is 0 Å². The van der Waals surface area contributed by atoms with E-state index in [1.165, 1.54) is 5.56 Å². The Morgan fingerprint density at radius 2 is 1.83 bits per heavy atom. The van der Waals surface area contributed by atoms with E-state index >= 15 is 0 Å². The SMILES string of the molecule is CCNC(=NCc1ncnn1C)NCC(CC)(CC)NC(C)c1ccccc1.I. The second-order valence-electron chi connectivity index (χ2n) is 7.11. The Balaban J connectivity index is 0.00000420. The van der Waals surface area contributed by atoms with Crippen molar-refractivity contribution in [2.45, 2.75) is 58.7 Å². The average Bonchev–Trinajstić information content (AvgIpc) is 3.14. The number of aliphatic imine (C=N–C) groups is 1. The topological polar surface area (TPSA) is 79.2 Å². The van der Waals surface area contributed by atoms with Crippen molar-refractivity contribution in [1.82, 2.24) is 30.7 Å². The van der Waals surface area contributed by atoms with Crippen molar-refractivity contribution >= 4 is 29.9 Å². The number of benzene rings is 1. The minimum absolute atomic E-state index is 0. The van der Waals surface area contributed by atoms with Gasteiger partial charge in [-0.05, 0) is 32.3 Å². The first-order valence-electron chi connectivity index (χ1n) is 10.2. The maximum atomic E-state index is 4.67. The molecular weight excluding hydrogens is 477 g/mol. The first kappa shape index (κ1) is 25.4. The van der Waals surface area contributed by atoms with E-state index in [9.17, 15) is 0 Å². The summed E-state index contributed by atoms with van der Waals surface area (Å²) >= 11 is 0. The van der Waals surface area contributed by atoms with E-state index in [1.54, 1.807) is 11.0 Å². The second-order valence-corrected chi connectivity index (χ2v) is 7.11. The lowest BCUT2D eigenvalue weighted by Crippen LogP contribution is -2.55. The van der Waals surface area contributed by atoms with E-state index in [-0.39, 0.29) is 35.6 Å². The molecule has 1 aromatic carbocycles. The molecule has 3 N–H and O–H groups in total. The summed E-state index contributed by atoms with van der Waals surface area (Å²) in [6.07, 6.45) is 3.60. The summed E-state index contributed by atoms with van der Waals surface area (Å²) in [5, 5.41) is 14.8. The summed E-state index contributed by atoms with van der Waals surface area (Å²) in [5.41, 5.74) is 1.28. The highest BCUT2D eigenvalue weighted by Crippen LogP contribution is 2.21. The van der Waals surface area contributed by atoms with E-state index in [2.05, 4.69) is 89.1 Å². The molecule has 29 heavy (non-hydrogen) atoms. The van der Waals surface area contributed by atoms with Gasteiger partial charge < -0.3 is 16.0 Å². The third kappa shape index (κ3) is 7.58. The van der Waals surface area contributed by atoms with Gasteiger partial charge in [0, 0.05) is 31.7 Å². The molecule has 0 aliphatic carbocycles. The molecule has 0 bridgehead atoms. The fraction of sp³-hybridized carbons (Fsp3) is 0.571. The van der Waals surface area contributed by atoms with Gasteiger partial charge in [0.1, 0.15) is 18.7 Å². The van der Waals surface area contributed by atoms with Crippen LogP contribution in [-0.2, 0) is 13.6 Å². The van der Waals surface area contributed by atoms with Crippen molar-refractivity contribution < 1.29 is 0 Å². The molecule has 0 saturated heterocycles. The van der Waals surface area contributed by atoms with E-state index in [0.29, 0.717) is 6.54 Å². The Morgan fingerprint density at radius 1 is 1.14 bits per heavy atom. The van der Waals surface area contributed by atoms with Crippen LogP contribution in [0.5, 0.6) is 0 Å². The van der Waals surface area contributed by atoms with Gasteiger partial charge in [-0.25, -0.2) is 9.98 Å². The average molecular weight is 513 g/mol. The van der Waals surface area contributed by atoms with Crippen LogP contribution in [0.25, 0.3) is 0 Å². The molecule has 2 rings (SSSR count).